The lowest BCUT2D eigenvalue weighted by molar-refractivity contribution is 0.468. The maximum absolute atomic E-state index is 13.3. The van der Waals surface area contributed by atoms with Crippen LogP contribution in [0.1, 0.15) is 64.0 Å². The number of halogens is 1. The number of hydrogen-bond acceptors (Lipinski definition) is 1. The van der Waals surface area contributed by atoms with Crippen LogP contribution in [0.3, 0.4) is 0 Å². The molecule has 0 fully saturated rings. The van der Waals surface area contributed by atoms with E-state index in [-0.39, 0.29) is 5.82 Å². The monoisotopic (exact) mass is 251 g/mol. The minimum absolute atomic E-state index is 0.135. The summed E-state index contributed by atoms with van der Waals surface area (Å²) in [4.78, 5) is 0. The van der Waals surface area contributed by atoms with E-state index in [1.165, 1.54) is 31.7 Å². The maximum Gasteiger partial charge on any atom is 0.123 e. The molecule has 0 aromatic heterocycles. The summed E-state index contributed by atoms with van der Waals surface area (Å²) in [6.07, 6.45) is 7.25. The fourth-order valence-electron chi connectivity index (χ4n) is 2.20. The van der Waals surface area contributed by atoms with Crippen molar-refractivity contribution in [1.82, 2.24) is 5.32 Å². The average Bonchev–Trinajstić information content (AvgIpc) is 2.38. The number of rotatable bonds is 9. The molecule has 1 aromatic carbocycles. The Morgan fingerprint density at radius 3 is 2.61 bits per heavy atom. The molecule has 0 spiro atoms. The largest absolute Gasteiger partial charge is 0.310 e. The van der Waals surface area contributed by atoms with Crippen LogP contribution >= 0.6 is 0 Å². The van der Waals surface area contributed by atoms with Crippen molar-refractivity contribution in [3.05, 3.63) is 35.6 Å². The van der Waals surface area contributed by atoms with Gasteiger partial charge in [0.1, 0.15) is 5.82 Å². The molecule has 0 radical (unpaired) electrons. The topological polar surface area (TPSA) is 12.0 Å². The smallest absolute Gasteiger partial charge is 0.123 e. The predicted molar refractivity (Wildman–Crippen MR) is 76.2 cm³/mol. The Kier molecular flexibility index (Phi) is 7.66. The van der Waals surface area contributed by atoms with Crippen LogP contribution in [0.2, 0.25) is 0 Å². The Labute approximate surface area is 111 Å². The fraction of sp³-hybridized carbons (Fsp3) is 0.625. The minimum atomic E-state index is -0.135. The summed E-state index contributed by atoms with van der Waals surface area (Å²) in [6, 6.07) is 7.30. The summed E-state index contributed by atoms with van der Waals surface area (Å²) < 4.78 is 13.3. The Hall–Kier alpha value is -0.890. The highest BCUT2D eigenvalue weighted by Crippen LogP contribution is 2.21. The summed E-state index contributed by atoms with van der Waals surface area (Å²) in [5.41, 5.74) is 1.08. The first-order valence-electron chi connectivity index (χ1n) is 7.26. The van der Waals surface area contributed by atoms with Gasteiger partial charge in [-0.3, -0.25) is 0 Å². The quantitative estimate of drug-likeness (QED) is 0.619. The van der Waals surface area contributed by atoms with E-state index >= 15 is 0 Å². The standard InChI is InChI=1S/C16H26FN/c1-3-5-6-7-11-16(18-12-4-2)14-9-8-10-15(17)13-14/h8-10,13,16,18H,3-7,11-12H2,1-2H3. The lowest BCUT2D eigenvalue weighted by Crippen LogP contribution is -2.22. The van der Waals surface area contributed by atoms with Gasteiger partial charge in [-0.2, -0.15) is 0 Å². The van der Waals surface area contributed by atoms with Gasteiger partial charge in [-0.15, -0.1) is 0 Å². The number of hydrogen-bond donors (Lipinski definition) is 1. The molecule has 0 bridgehead atoms. The third-order valence-corrected chi connectivity index (χ3v) is 3.24. The van der Waals surface area contributed by atoms with E-state index in [1.807, 2.05) is 6.07 Å². The minimum Gasteiger partial charge on any atom is -0.310 e. The average molecular weight is 251 g/mol. The van der Waals surface area contributed by atoms with Gasteiger partial charge in [-0.05, 0) is 37.1 Å². The molecule has 0 aliphatic heterocycles. The molecule has 1 rings (SSSR count). The maximum atomic E-state index is 13.3. The molecule has 0 saturated carbocycles. The summed E-state index contributed by atoms with van der Waals surface area (Å²) in [7, 11) is 0. The molecule has 1 N–H and O–H groups in total. The van der Waals surface area contributed by atoms with Gasteiger partial charge in [0.25, 0.3) is 0 Å². The van der Waals surface area contributed by atoms with E-state index in [4.69, 9.17) is 0 Å². The van der Waals surface area contributed by atoms with Crippen molar-refractivity contribution in [2.75, 3.05) is 6.54 Å². The van der Waals surface area contributed by atoms with E-state index in [0.717, 1.165) is 24.9 Å². The van der Waals surface area contributed by atoms with Crippen LogP contribution in [0.15, 0.2) is 24.3 Å². The SMILES string of the molecule is CCCCCCC(NCCC)c1cccc(F)c1. The zero-order valence-corrected chi connectivity index (χ0v) is 11.7. The Morgan fingerprint density at radius 2 is 1.94 bits per heavy atom. The molecule has 0 amide bonds. The Bertz CT molecular complexity index is 325. The second kappa shape index (κ2) is 9.09. The molecule has 1 nitrogen and oxygen atoms in total. The number of benzene rings is 1. The van der Waals surface area contributed by atoms with E-state index in [1.54, 1.807) is 12.1 Å². The molecule has 102 valence electrons. The first kappa shape index (κ1) is 15.2. The molecule has 1 aromatic rings. The first-order valence-corrected chi connectivity index (χ1v) is 7.26. The second-order valence-electron chi connectivity index (χ2n) is 4.91. The highest BCUT2D eigenvalue weighted by Gasteiger charge is 2.10. The van der Waals surface area contributed by atoms with Crippen molar-refractivity contribution in [2.24, 2.45) is 0 Å². The van der Waals surface area contributed by atoms with Gasteiger partial charge in [0, 0.05) is 6.04 Å². The van der Waals surface area contributed by atoms with Gasteiger partial charge >= 0.3 is 0 Å². The van der Waals surface area contributed by atoms with Crippen LogP contribution in [0.25, 0.3) is 0 Å². The van der Waals surface area contributed by atoms with Crippen molar-refractivity contribution in [3.8, 4) is 0 Å². The molecule has 0 aliphatic carbocycles. The summed E-state index contributed by atoms with van der Waals surface area (Å²) in [5.74, 6) is -0.135. The van der Waals surface area contributed by atoms with E-state index in [0.29, 0.717) is 6.04 Å². The van der Waals surface area contributed by atoms with Crippen molar-refractivity contribution < 1.29 is 4.39 Å². The Balaban J connectivity index is 2.54. The molecule has 1 atom stereocenters. The van der Waals surface area contributed by atoms with Crippen molar-refractivity contribution in [3.63, 3.8) is 0 Å². The van der Waals surface area contributed by atoms with E-state index < -0.39 is 0 Å². The molecule has 0 aliphatic rings. The van der Waals surface area contributed by atoms with Crippen LogP contribution in [-0.4, -0.2) is 6.54 Å². The van der Waals surface area contributed by atoms with Crippen LogP contribution in [-0.2, 0) is 0 Å². The van der Waals surface area contributed by atoms with Crippen molar-refractivity contribution in [2.45, 2.75) is 58.4 Å². The van der Waals surface area contributed by atoms with Gasteiger partial charge in [-0.25, -0.2) is 4.39 Å². The summed E-state index contributed by atoms with van der Waals surface area (Å²) >= 11 is 0. The van der Waals surface area contributed by atoms with Crippen molar-refractivity contribution in [1.29, 1.82) is 0 Å². The molecule has 0 heterocycles. The van der Waals surface area contributed by atoms with Crippen LogP contribution in [0.4, 0.5) is 4.39 Å². The van der Waals surface area contributed by atoms with Gasteiger partial charge < -0.3 is 5.32 Å². The summed E-state index contributed by atoms with van der Waals surface area (Å²) in [6.45, 7) is 5.38. The zero-order chi connectivity index (χ0) is 13.2. The number of unbranched alkanes of at least 4 members (excludes halogenated alkanes) is 3. The number of nitrogens with one attached hydrogen (secondary N) is 1. The van der Waals surface area contributed by atoms with Crippen LogP contribution in [0.5, 0.6) is 0 Å². The fourth-order valence-corrected chi connectivity index (χ4v) is 2.20. The normalized spacial score (nSPS) is 12.6. The third kappa shape index (κ3) is 5.63. The molecule has 0 saturated heterocycles. The van der Waals surface area contributed by atoms with E-state index in [9.17, 15) is 4.39 Å². The highest BCUT2D eigenvalue weighted by atomic mass is 19.1. The molecule has 18 heavy (non-hydrogen) atoms. The first-order chi connectivity index (χ1) is 8.77. The van der Waals surface area contributed by atoms with Crippen molar-refractivity contribution >= 4 is 0 Å². The van der Waals surface area contributed by atoms with Gasteiger partial charge in [-0.1, -0.05) is 51.7 Å². The predicted octanol–water partition coefficient (Wildman–Crippen LogP) is 4.84. The third-order valence-electron chi connectivity index (χ3n) is 3.24. The Morgan fingerprint density at radius 1 is 1.11 bits per heavy atom. The van der Waals surface area contributed by atoms with Crippen LogP contribution in [0, 0.1) is 5.82 Å². The molecular formula is C16H26FN. The molecule has 2 heteroatoms. The molecule has 1 unspecified atom stereocenters. The summed E-state index contributed by atoms with van der Waals surface area (Å²) in [5, 5.41) is 3.52. The van der Waals surface area contributed by atoms with Gasteiger partial charge in [0.15, 0.2) is 0 Å². The second-order valence-corrected chi connectivity index (χ2v) is 4.91. The van der Waals surface area contributed by atoms with Gasteiger partial charge in [0.05, 0.1) is 0 Å². The lowest BCUT2D eigenvalue weighted by atomic mass is 10.00. The molecular weight excluding hydrogens is 225 g/mol. The van der Waals surface area contributed by atoms with Crippen LogP contribution < -0.4 is 5.32 Å². The highest BCUT2D eigenvalue weighted by molar-refractivity contribution is 5.20. The zero-order valence-electron chi connectivity index (χ0n) is 11.7. The van der Waals surface area contributed by atoms with E-state index in [2.05, 4.69) is 19.2 Å². The lowest BCUT2D eigenvalue weighted by Gasteiger charge is -2.19. The van der Waals surface area contributed by atoms with Gasteiger partial charge in [0.2, 0.25) is 0 Å².